The first-order valence-corrected chi connectivity index (χ1v) is 8.71. The lowest BCUT2D eigenvalue weighted by Crippen LogP contribution is -2.28. The van der Waals surface area contributed by atoms with Gasteiger partial charge in [-0.2, -0.15) is 0 Å². The lowest BCUT2D eigenvalue weighted by molar-refractivity contribution is -0.123. The average Bonchev–Trinajstić information content (AvgIpc) is 3.01. The minimum atomic E-state index is -0.844. The molecule has 0 aliphatic rings. The normalized spacial score (nSPS) is 10.6. The van der Waals surface area contributed by atoms with Crippen molar-refractivity contribution >= 4 is 17.2 Å². The summed E-state index contributed by atoms with van der Waals surface area (Å²) in [5.41, 5.74) is 1.87. The molecule has 3 aromatic rings. The minimum Gasteiger partial charge on any atom is -0.481 e. The van der Waals surface area contributed by atoms with E-state index in [-0.39, 0.29) is 12.4 Å². The number of aromatic nitrogens is 1. The molecule has 2 aromatic carbocycles. The van der Waals surface area contributed by atoms with Gasteiger partial charge in [-0.3, -0.25) is 4.79 Å². The molecule has 0 spiro atoms. The summed E-state index contributed by atoms with van der Waals surface area (Å²) in [5.74, 6) is -2.11. The Balaban J connectivity index is 1.55. The second-order valence-corrected chi connectivity index (χ2v) is 6.62. The molecule has 4 nitrogen and oxygen atoms in total. The first-order valence-electron chi connectivity index (χ1n) is 7.89. The van der Waals surface area contributed by atoms with Gasteiger partial charge in [-0.25, -0.2) is 13.8 Å². The van der Waals surface area contributed by atoms with Crippen molar-refractivity contribution in [2.75, 3.05) is 6.61 Å². The van der Waals surface area contributed by atoms with Crippen LogP contribution in [0.25, 0.3) is 10.6 Å². The first-order chi connectivity index (χ1) is 12.5. The van der Waals surface area contributed by atoms with Crippen LogP contribution in [0.1, 0.15) is 10.6 Å². The molecule has 0 atom stereocenters. The molecule has 0 bridgehead atoms. The minimum absolute atomic E-state index is 0.165. The number of carbonyl (C=O) groups excluding carboxylic acids is 1. The molecule has 0 saturated carbocycles. The molecule has 7 heteroatoms. The van der Waals surface area contributed by atoms with Gasteiger partial charge in [0.1, 0.15) is 10.8 Å². The van der Waals surface area contributed by atoms with Gasteiger partial charge in [-0.15, -0.1) is 11.3 Å². The molecule has 0 saturated heterocycles. The van der Waals surface area contributed by atoms with Crippen molar-refractivity contribution in [1.29, 1.82) is 0 Å². The van der Waals surface area contributed by atoms with Gasteiger partial charge in [0.15, 0.2) is 18.2 Å². The van der Waals surface area contributed by atoms with Crippen molar-refractivity contribution in [3.05, 3.63) is 70.7 Å². The molecule has 1 N–H and O–H groups in total. The average molecular weight is 374 g/mol. The molecule has 3 rings (SSSR count). The van der Waals surface area contributed by atoms with E-state index in [2.05, 4.69) is 10.3 Å². The van der Waals surface area contributed by atoms with Gasteiger partial charge >= 0.3 is 0 Å². The van der Waals surface area contributed by atoms with E-state index in [1.165, 1.54) is 11.3 Å². The molecule has 1 amide bonds. The third-order valence-electron chi connectivity index (χ3n) is 3.61. The summed E-state index contributed by atoms with van der Waals surface area (Å²) in [6, 6.07) is 12.7. The summed E-state index contributed by atoms with van der Waals surface area (Å²) in [5, 5.41) is 3.60. The van der Waals surface area contributed by atoms with Crippen molar-refractivity contribution in [3.63, 3.8) is 0 Å². The molecule has 0 radical (unpaired) electrons. The zero-order valence-corrected chi connectivity index (χ0v) is 14.8. The number of nitrogens with zero attached hydrogens (tertiary/aromatic N) is 1. The number of halogens is 2. The predicted molar refractivity (Wildman–Crippen MR) is 96.0 cm³/mol. The van der Waals surface area contributed by atoms with Crippen molar-refractivity contribution < 1.29 is 18.3 Å². The summed E-state index contributed by atoms with van der Waals surface area (Å²) in [6.45, 7) is 1.84. The number of carbonyl (C=O) groups is 1. The number of ether oxygens (including phenoxy) is 1. The van der Waals surface area contributed by atoms with Gasteiger partial charge in [0.05, 0.1) is 12.2 Å². The SMILES string of the molecule is Cc1nc(-c2ccccc2)sc1CNC(=O)COc1ccc(F)cc1F. The highest BCUT2D eigenvalue weighted by molar-refractivity contribution is 7.15. The van der Waals surface area contributed by atoms with Crippen molar-refractivity contribution in [3.8, 4) is 16.3 Å². The Morgan fingerprint density at radius 2 is 1.96 bits per heavy atom. The summed E-state index contributed by atoms with van der Waals surface area (Å²) >= 11 is 1.50. The van der Waals surface area contributed by atoms with Gasteiger partial charge in [0.2, 0.25) is 0 Å². The van der Waals surface area contributed by atoms with Gasteiger partial charge in [0.25, 0.3) is 5.91 Å². The predicted octanol–water partition coefficient (Wildman–Crippen LogP) is 4.09. The number of nitrogens with one attached hydrogen (secondary N) is 1. The van der Waals surface area contributed by atoms with Crippen molar-refractivity contribution in [1.82, 2.24) is 10.3 Å². The Bertz CT molecular complexity index is 913. The van der Waals surface area contributed by atoms with Crippen LogP contribution in [0.2, 0.25) is 0 Å². The quantitative estimate of drug-likeness (QED) is 0.707. The molecule has 0 fully saturated rings. The van der Waals surface area contributed by atoms with Crippen LogP contribution in [0, 0.1) is 18.6 Å². The summed E-state index contributed by atoms with van der Waals surface area (Å²) < 4.78 is 31.4. The van der Waals surface area contributed by atoms with E-state index < -0.39 is 17.5 Å². The summed E-state index contributed by atoms with van der Waals surface area (Å²) in [4.78, 5) is 17.4. The summed E-state index contributed by atoms with van der Waals surface area (Å²) in [6.07, 6.45) is 0. The Morgan fingerprint density at radius 1 is 1.19 bits per heavy atom. The molecule has 26 heavy (non-hydrogen) atoms. The van der Waals surface area contributed by atoms with Gasteiger partial charge in [0, 0.05) is 16.5 Å². The van der Waals surface area contributed by atoms with Crippen molar-refractivity contribution in [2.45, 2.75) is 13.5 Å². The van der Waals surface area contributed by atoms with E-state index in [4.69, 9.17) is 4.74 Å². The maximum Gasteiger partial charge on any atom is 0.258 e. The van der Waals surface area contributed by atoms with Crippen LogP contribution in [0.5, 0.6) is 5.75 Å². The van der Waals surface area contributed by atoms with Gasteiger partial charge in [-0.1, -0.05) is 30.3 Å². The van der Waals surface area contributed by atoms with E-state index in [0.29, 0.717) is 12.6 Å². The maximum atomic E-state index is 13.5. The van der Waals surface area contributed by atoms with E-state index in [1.54, 1.807) is 0 Å². The molecule has 134 valence electrons. The van der Waals surface area contributed by atoms with Crippen LogP contribution in [0.3, 0.4) is 0 Å². The van der Waals surface area contributed by atoms with Crippen LogP contribution in [-0.2, 0) is 11.3 Å². The van der Waals surface area contributed by atoms with Crippen LogP contribution in [0.15, 0.2) is 48.5 Å². The highest BCUT2D eigenvalue weighted by Gasteiger charge is 2.12. The fourth-order valence-electron chi connectivity index (χ4n) is 2.26. The molecule has 1 heterocycles. The molecule has 0 aliphatic heterocycles. The molecule has 0 unspecified atom stereocenters. The fraction of sp³-hybridized carbons (Fsp3) is 0.158. The number of benzene rings is 2. The second kappa shape index (κ2) is 8.05. The monoisotopic (exact) mass is 374 g/mol. The third kappa shape index (κ3) is 4.43. The number of amides is 1. The maximum absolute atomic E-state index is 13.5. The Labute approximate surface area is 153 Å². The highest BCUT2D eigenvalue weighted by Crippen LogP contribution is 2.27. The lowest BCUT2D eigenvalue weighted by atomic mass is 10.2. The van der Waals surface area contributed by atoms with E-state index in [9.17, 15) is 13.6 Å². The van der Waals surface area contributed by atoms with Crippen LogP contribution in [-0.4, -0.2) is 17.5 Å². The number of hydrogen-bond donors (Lipinski definition) is 1. The standard InChI is InChI=1S/C19H16F2N2O2S/c1-12-17(26-19(23-12)13-5-3-2-4-6-13)10-22-18(24)11-25-16-8-7-14(20)9-15(16)21/h2-9H,10-11H2,1H3,(H,22,24). The second-order valence-electron chi connectivity index (χ2n) is 5.53. The number of rotatable bonds is 6. The topological polar surface area (TPSA) is 51.2 Å². The fourth-order valence-corrected chi connectivity index (χ4v) is 3.27. The number of aryl methyl sites for hydroxylation is 1. The zero-order valence-electron chi connectivity index (χ0n) is 14.0. The number of hydrogen-bond acceptors (Lipinski definition) is 4. The number of thiazole rings is 1. The van der Waals surface area contributed by atoms with E-state index >= 15 is 0 Å². The van der Waals surface area contributed by atoms with Gasteiger partial charge in [-0.05, 0) is 19.1 Å². The first kappa shape index (κ1) is 18.0. The Kier molecular flexibility index (Phi) is 5.58. The highest BCUT2D eigenvalue weighted by atomic mass is 32.1. The molecule has 1 aromatic heterocycles. The van der Waals surface area contributed by atoms with E-state index in [1.807, 2.05) is 37.3 Å². The zero-order chi connectivity index (χ0) is 18.5. The van der Waals surface area contributed by atoms with Crippen molar-refractivity contribution in [2.24, 2.45) is 0 Å². The van der Waals surface area contributed by atoms with Gasteiger partial charge < -0.3 is 10.1 Å². The largest absolute Gasteiger partial charge is 0.481 e. The Morgan fingerprint density at radius 3 is 2.69 bits per heavy atom. The van der Waals surface area contributed by atoms with E-state index in [0.717, 1.165) is 33.3 Å². The van der Waals surface area contributed by atoms with Crippen LogP contribution >= 0.6 is 11.3 Å². The lowest BCUT2D eigenvalue weighted by Gasteiger charge is -2.07. The summed E-state index contributed by atoms with van der Waals surface area (Å²) in [7, 11) is 0. The molecular weight excluding hydrogens is 358 g/mol. The molecular formula is C19H16F2N2O2S. The van der Waals surface area contributed by atoms with Crippen LogP contribution in [0.4, 0.5) is 8.78 Å². The van der Waals surface area contributed by atoms with Crippen LogP contribution < -0.4 is 10.1 Å². The molecule has 0 aliphatic carbocycles. The Hall–Kier alpha value is -2.80. The smallest absolute Gasteiger partial charge is 0.258 e. The third-order valence-corrected chi connectivity index (χ3v) is 4.82.